The Bertz CT molecular complexity index is 636. The first-order chi connectivity index (χ1) is 12.0. The Kier molecular flexibility index (Phi) is 5.30. The third-order valence-electron chi connectivity index (χ3n) is 5.93. The molecule has 25 heavy (non-hydrogen) atoms. The van der Waals surface area contributed by atoms with E-state index < -0.39 is 0 Å². The number of likely N-dealkylation sites (tertiary alicyclic amines) is 2. The first-order valence-corrected chi connectivity index (χ1v) is 9.38. The number of benzene rings is 1. The van der Waals surface area contributed by atoms with Crippen LogP contribution in [0.1, 0.15) is 43.7 Å². The molecule has 2 fully saturated rings. The number of hydrogen-bond acceptors (Lipinski definition) is 2. The van der Waals surface area contributed by atoms with E-state index in [1.165, 1.54) is 5.56 Å². The fourth-order valence-electron chi connectivity index (χ4n) is 4.07. The van der Waals surface area contributed by atoms with Gasteiger partial charge in [0.15, 0.2) is 0 Å². The standard InChI is InChI=1S/C20H29N3O2/c1-3-22-15-20(9-8-18(22)24)10-12-23(13-11-20)19(25)21-14-17-7-5-4-6-16(17)2/h4-7H,3,8-15H2,1-2H3,(H,21,25). The Labute approximate surface area is 150 Å². The van der Waals surface area contributed by atoms with Crippen molar-refractivity contribution < 1.29 is 9.59 Å². The molecule has 2 aliphatic heterocycles. The summed E-state index contributed by atoms with van der Waals surface area (Å²) in [6, 6.07) is 8.16. The summed E-state index contributed by atoms with van der Waals surface area (Å²) < 4.78 is 0. The number of carbonyl (C=O) groups is 2. The van der Waals surface area contributed by atoms with Gasteiger partial charge < -0.3 is 15.1 Å². The number of nitrogens with zero attached hydrogens (tertiary/aromatic N) is 2. The van der Waals surface area contributed by atoms with Crippen LogP contribution >= 0.6 is 0 Å². The Balaban J connectivity index is 1.51. The molecule has 136 valence electrons. The van der Waals surface area contributed by atoms with Gasteiger partial charge in [-0.25, -0.2) is 4.79 Å². The van der Waals surface area contributed by atoms with E-state index in [1.807, 2.05) is 28.9 Å². The highest BCUT2D eigenvalue weighted by molar-refractivity contribution is 5.77. The summed E-state index contributed by atoms with van der Waals surface area (Å²) in [5.74, 6) is 0.284. The van der Waals surface area contributed by atoms with Gasteiger partial charge in [-0.05, 0) is 49.7 Å². The minimum atomic E-state index is 0.0253. The number of aryl methyl sites for hydroxylation is 1. The van der Waals surface area contributed by atoms with Crippen molar-refractivity contribution in [1.82, 2.24) is 15.1 Å². The van der Waals surface area contributed by atoms with Gasteiger partial charge in [-0.1, -0.05) is 24.3 Å². The number of urea groups is 1. The van der Waals surface area contributed by atoms with Gasteiger partial charge in [-0.15, -0.1) is 0 Å². The van der Waals surface area contributed by atoms with E-state index in [4.69, 9.17) is 0 Å². The van der Waals surface area contributed by atoms with Gasteiger partial charge in [0.05, 0.1) is 0 Å². The van der Waals surface area contributed by atoms with Crippen LogP contribution in [0.15, 0.2) is 24.3 Å². The van der Waals surface area contributed by atoms with Crippen LogP contribution < -0.4 is 5.32 Å². The van der Waals surface area contributed by atoms with Crippen molar-refractivity contribution in [3.8, 4) is 0 Å². The number of piperidine rings is 2. The lowest BCUT2D eigenvalue weighted by Crippen LogP contribution is -2.53. The van der Waals surface area contributed by atoms with Crippen LogP contribution in [-0.2, 0) is 11.3 Å². The second-order valence-corrected chi connectivity index (χ2v) is 7.48. The highest BCUT2D eigenvalue weighted by atomic mass is 16.2. The third kappa shape index (κ3) is 3.97. The zero-order valence-electron chi connectivity index (χ0n) is 15.4. The molecule has 1 N–H and O–H groups in total. The van der Waals surface area contributed by atoms with Crippen molar-refractivity contribution in [3.63, 3.8) is 0 Å². The first-order valence-electron chi connectivity index (χ1n) is 9.38. The molecule has 2 saturated heterocycles. The van der Waals surface area contributed by atoms with E-state index in [-0.39, 0.29) is 17.4 Å². The Morgan fingerprint density at radius 3 is 2.60 bits per heavy atom. The van der Waals surface area contributed by atoms with Gasteiger partial charge in [0, 0.05) is 39.1 Å². The lowest BCUT2D eigenvalue weighted by Gasteiger charge is -2.47. The fourth-order valence-corrected chi connectivity index (χ4v) is 4.07. The predicted octanol–water partition coefficient (Wildman–Crippen LogP) is 2.93. The van der Waals surface area contributed by atoms with Gasteiger partial charge in [0.25, 0.3) is 0 Å². The molecule has 0 bridgehead atoms. The van der Waals surface area contributed by atoms with Crippen LogP contribution in [0.4, 0.5) is 4.79 Å². The van der Waals surface area contributed by atoms with Crippen molar-refractivity contribution in [2.45, 2.75) is 46.1 Å². The second kappa shape index (κ2) is 7.46. The van der Waals surface area contributed by atoms with Crippen LogP contribution in [0, 0.1) is 12.3 Å². The summed E-state index contributed by atoms with van der Waals surface area (Å²) in [6.07, 6.45) is 3.62. The van der Waals surface area contributed by atoms with Crippen LogP contribution in [-0.4, -0.2) is 47.9 Å². The second-order valence-electron chi connectivity index (χ2n) is 7.48. The molecule has 2 heterocycles. The maximum atomic E-state index is 12.5. The zero-order valence-corrected chi connectivity index (χ0v) is 15.4. The average Bonchev–Trinajstić information content (AvgIpc) is 2.63. The van der Waals surface area contributed by atoms with E-state index in [0.29, 0.717) is 13.0 Å². The lowest BCUT2D eigenvalue weighted by molar-refractivity contribution is -0.138. The van der Waals surface area contributed by atoms with Crippen molar-refractivity contribution in [2.24, 2.45) is 5.41 Å². The molecule has 0 saturated carbocycles. The molecule has 0 atom stereocenters. The van der Waals surface area contributed by atoms with Crippen molar-refractivity contribution in [1.29, 1.82) is 0 Å². The summed E-state index contributed by atoms with van der Waals surface area (Å²) in [4.78, 5) is 28.3. The number of rotatable bonds is 3. The summed E-state index contributed by atoms with van der Waals surface area (Å²) >= 11 is 0. The summed E-state index contributed by atoms with van der Waals surface area (Å²) in [5.41, 5.74) is 2.58. The van der Waals surface area contributed by atoms with Gasteiger partial charge in [0.2, 0.25) is 5.91 Å². The minimum Gasteiger partial charge on any atom is -0.342 e. The summed E-state index contributed by atoms with van der Waals surface area (Å²) in [6.45, 7) is 7.91. The topological polar surface area (TPSA) is 52.7 Å². The van der Waals surface area contributed by atoms with E-state index >= 15 is 0 Å². The normalized spacial score (nSPS) is 20.0. The Morgan fingerprint density at radius 1 is 1.20 bits per heavy atom. The predicted molar refractivity (Wildman–Crippen MR) is 98.1 cm³/mol. The number of amides is 3. The van der Waals surface area contributed by atoms with Gasteiger partial charge >= 0.3 is 6.03 Å². The lowest BCUT2D eigenvalue weighted by atomic mass is 9.72. The molecule has 0 aliphatic carbocycles. The molecule has 2 aliphatic rings. The zero-order chi connectivity index (χ0) is 17.9. The van der Waals surface area contributed by atoms with Gasteiger partial charge in [0.1, 0.15) is 0 Å². The van der Waals surface area contributed by atoms with E-state index in [0.717, 1.165) is 51.0 Å². The summed E-state index contributed by atoms with van der Waals surface area (Å²) in [7, 11) is 0. The molecule has 1 aromatic rings. The average molecular weight is 343 g/mol. The molecule has 0 radical (unpaired) electrons. The van der Waals surface area contributed by atoms with Crippen LogP contribution in [0.5, 0.6) is 0 Å². The van der Waals surface area contributed by atoms with Crippen LogP contribution in [0.25, 0.3) is 0 Å². The maximum absolute atomic E-state index is 12.5. The van der Waals surface area contributed by atoms with Gasteiger partial charge in [-0.2, -0.15) is 0 Å². The minimum absolute atomic E-state index is 0.0253. The smallest absolute Gasteiger partial charge is 0.317 e. The largest absolute Gasteiger partial charge is 0.342 e. The van der Waals surface area contributed by atoms with Crippen LogP contribution in [0.2, 0.25) is 0 Å². The molecule has 3 amide bonds. The molecule has 5 heteroatoms. The Hall–Kier alpha value is -2.04. The van der Waals surface area contributed by atoms with E-state index in [2.05, 4.69) is 24.4 Å². The van der Waals surface area contributed by atoms with E-state index in [1.54, 1.807) is 0 Å². The first kappa shape index (κ1) is 17.8. The maximum Gasteiger partial charge on any atom is 0.317 e. The molecule has 1 aromatic carbocycles. The highest BCUT2D eigenvalue weighted by Gasteiger charge is 2.41. The quantitative estimate of drug-likeness (QED) is 0.917. The van der Waals surface area contributed by atoms with Gasteiger partial charge in [-0.3, -0.25) is 4.79 Å². The number of hydrogen-bond donors (Lipinski definition) is 1. The van der Waals surface area contributed by atoms with E-state index in [9.17, 15) is 9.59 Å². The molecule has 3 rings (SSSR count). The molecule has 0 unspecified atom stereocenters. The number of carbonyl (C=O) groups excluding carboxylic acids is 2. The molecule has 1 spiro atoms. The SMILES string of the molecule is CCN1CC2(CCC1=O)CCN(C(=O)NCc1ccccc1C)CC2. The third-order valence-corrected chi connectivity index (χ3v) is 5.93. The fraction of sp³-hybridized carbons (Fsp3) is 0.600. The monoisotopic (exact) mass is 343 g/mol. The molecule has 5 nitrogen and oxygen atoms in total. The van der Waals surface area contributed by atoms with Crippen molar-refractivity contribution >= 4 is 11.9 Å². The van der Waals surface area contributed by atoms with Crippen LogP contribution in [0.3, 0.4) is 0 Å². The van der Waals surface area contributed by atoms with Crippen molar-refractivity contribution in [3.05, 3.63) is 35.4 Å². The highest BCUT2D eigenvalue weighted by Crippen LogP contribution is 2.40. The molecular formula is C20H29N3O2. The molecule has 0 aromatic heterocycles. The number of nitrogens with one attached hydrogen (secondary N) is 1. The van der Waals surface area contributed by atoms with Crippen molar-refractivity contribution in [2.75, 3.05) is 26.2 Å². The Morgan fingerprint density at radius 2 is 1.92 bits per heavy atom. The molecular weight excluding hydrogens is 314 g/mol. The summed E-state index contributed by atoms with van der Waals surface area (Å²) in [5, 5.41) is 3.05.